The first-order chi connectivity index (χ1) is 25.6. The average molecular weight is 862 g/mol. The molecule has 3 unspecified atom stereocenters. The number of carbonyl (C=O) groups is 3. The summed E-state index contributed by atoms with van der Waals surface area (Å²) in [6.45, 7) is 35.2. The Morgan fingerprint density at radius 1 is 0.439 bits per heavy atom. The van der Waals surface area contributed by atoms with Crippen LogP contribution < -0.4 is 17.1 Å². The van der Waals surface area contributed by atoms with Crippen molar-refractivity contribution in [2.24, 2.45) is 16.2 Å². The van der Waals surface area contributed by atoms with Gasteiger partial charge in [0.25, 0.3) is 0 Å². The molecular weight excluding hydrogens is 787 g/mol. The van der Waals surface area contributed by atoms with Crippen molar-refractivity contribution in [1.82, 2.24) is 13.7 Å². The lowest BCUT2D eigenvalue weighted by molar-refractivity contribution is -0.143. The molecule has 0 radical (unpaired) electrons. The highest BCUT2D eigenvalue weighted by atomic mass is 32.2. The lowest BCUT2D eigenvalue weighted by Crippen LogP contribution is -2.55. The summed E-state index contributed by atoms with van der Waals surface area (Å²) in [5.41, 5.74) is -2.62. The molecule has 12 nitrogen and oxygen atoms in total. The maximum Gasteiger partial charge on any atom is 0.336 e. The van der Waals surface area contributed by atoms with Gasteiger partial charge >= 0.3 is 35.0 Å². The van der Waals surface area contributed by atoms with Crippen molar-refractivity contribution in [2.75, 3.05) is 19.8 Å². The second kappa shape index (κ2) is 20.9. The summed E-state index contributed by atoms with van der Waals surface area (Å²) in [4.78, 5) is 80.0. The first kappa shape index (κ1) is 52.9. The Labute approximate surface area is 355 Å². The standard InChI is InChI=1S/C42H75N3O9S3/c1-28(55-40(13,14)25-37(4,5)6)31(46)52-22-19-43-34(49)44(20-23-53-32(47)29(2)56-41(15,16)26-38(7,8)9)36(51)45(35(43)50)21-24-54-33(48)30(3)57-42(17,18)27-39(10,11)12/h28-30H,19-27H2,1-18H3. The zero-order chi connectivity index (χ0) is 44.5. The zero-order valence-corrected chi connectivity index (χ0v) is 40.8. The molecule has 0 N–H and O–H groups in total. The lowest BCUT2D eigenvalue weighted by atomic mass is 9.86. The highest BCUT2D eigenvalue weighted by Gasteiger charge is 2.33. The summed E-state index contributed by atoms with van der Waals surface area (Å²) in [5.74, 6) is -1.46. The van der Waals surface area contributed by atoms with E-state index in [4.69, 9.17) is 14.2 Å². The molecule has 330 valence electrons. The Balaban J connectivity index is 3.27. The molecule has 0 saturated carbocycles. The normalized spacial score (nSPS) is 14.8. The van der Waals surface area contributed by atoms with Crippen LogP contribution in [0.25, 0.3) is 0 Å². The van der Waals surface area contributed by atoms with Crippen molar-refractivity contribution in [1.29, 1.82) is 0 Å². The van der Waals surface area contributed by atoms with Crippen LogP contribution in [0.2, 0.25) is 0 Å². The van der Waals surface area contributed by atoms with Crippen molar-refractivity contribution >= 4 is 53.2 Å². The number of carbonyl (C=O) groups excluding carboxylic acids is 3. The van der Waals surface area contributed by atoms with E-state index in [1.165, 1.54) is 35.3 Å². The number of hydrogen-bond acceptors (Lipinski definition) is 12. The third-order valence-corrected chi connectivity index (χ3v) is 12.4. The van der Waals surface area contributed by atoms with Crippen LogP contribution in [0.4, 0.5) is 0 Å². The van der Waals surface area contributed by atoms with E-state index in [1.807, 2.05) is 0 Å². The highest BCUT2D eigenvalue weighted by molar-refractivity contribution is 8.02. The molecule has 0 fully saturated rings. The van der Waals surface area contributed by atoms with Gasteiger partial charge in [-0.2, -0.15) is 0 Å². The van der Waals surface area contributed by atoms with Crippen LogP contribution in [0.5, 0.6) is 0 Å². The van der Waals surface area contributed by atoms with Gasteiger partial charge in [-0.15, -0.1) is 35.3 Å². The van der Waals surface area contributed by atoms with Crippen LogP contribution in [0, 0.1) is 16.2 Å². The van der Waals surface area contributed by atoms with E-state index < -0.39 is 50.7 Å². The largest absolute Gasteiger partial charge is 0.463 e. The van der Waals surface area contributed by atoms with E-state index in [-0.39, 0.29) is 69.9 Å². The van der Waals surface area contributed by atoms with E-state index in [0.717, 1.165) is 33.0 Å². The van der Waals surface area contributed by atoms with Gasteiger partial charge < -0.3 is 14.2 Å². The second-order valence-corrected chi connectivity index (χ2v) is 26.7. The Kier molecular flexibility index (Phi) is 19.4. The Hall–Kier alpha value is -2.13. The number of nitrogens with zero attached hydrogens (tertiary/aromatic N) is 3. The molecule has 15 heteroatoms. The molecule has 0 saturated heterocycles. The van der Waals surface area contributed by atoms with Crippen molar-refractivity contribution in [2.45, 2.75) is 194 Å². The molecule has 0 aromatic carbocycles. The third-order valence-electron chi connectivity index (χ3n) is 8.41. The molecule has 0 bridgehead atoms. The highest BCUT2D eigenvalue weighted by Crippen LogP contribution is 2.41. The van der Waals surface area contributed by atoms with Crippen molar-refractivity contribution in [3.05, 3.63) is 31.5 Å². The third kappa shape index (κ3) is 20.1. The fourth-order valence-electron chi connectivity index (χ4n) is 7.86. The monoisotopic (exact) mass is 861 g/mol. The molecule has 0 spiro atoms. The molecule has 1 aromatic heterocycles. The van der Waals surface area contributed by atoms with Crippen molar-refractivity contribution in [3.8, 4) is 0 Å². The fourth-order valence-corrected chi connectivity index (χ4v) is 12.8. The molecular formula is C42H75N3O9S3. The molecule has 57 heavy (non-hydrogen) atoms. The van der Waals surface area contributed by atoms with E-state index >= 15 is 0 Å². The summed E-state index contributed by atoms with van der Waals surface area (Å²) in [6.07, 6.45) is 2.59. The molecule has 0 aliphatic rings. The summed E-state index contributed by atoms with van der Waals surface area (Å²) in [5, 5.41) is -1.52. The molecule has 1 aromatic rings. The van der Waals surface area contributed by atoms with E-state index in [1.54, 1.807) is 20.8 Å². The molecule has 0 aliphatic carbocycles. The van der Waals surface area contributed by atoms with Gasteiger partial charge in [0.1, 0.15) is 35.6 Å². The van der Waals surface area contributed by atoms with E-state index in [2.05, 4.69) is 104 Å². The van der Waals surface area contributed by atoms with Gasteiger partial charge in [0, 0.05) is 14.2 Å². The van der Waals surface area contributed by atoms with Gasteiger partial charge in [-0.1, -0.05) is 104 Å². The van der Waals surface area contributed by atoms with Crippen LogP contribution in [0.15, 0.2) is 14.4 Å². The van der Waals surface area contributed by atoms with Gasteiger partial charge in [0.2, 0.25) is 0 Å². The summed E-state index contributed by atoms with van der Waals surface area (Å²) in [7, 11) is 0. The molecule has 3 atom stereocenters. The second-order valence-electron chi connectivity index (χ2n) is 20.6. The Morgan fingerprint density at radius 3 is 0.807 bits per heavy atom. The first-order valence-electron chi connectivity index (χ1n) is 20.0. The van der Waals surface area contributed by atoms with Crippen molar-refractivity contribution in [3.63, 3.8) is 0 Å². The SMILES string of the molecule is CC(SC(C)(C)CC(C)(C)C)C(=O)OCCn1c(=O)n(CCOC(=O)C(C)SC(C)(C)CC(C)(C)C)c(=O)n(CCOC(=O)C(C)SC(C)(C)CC(C)(C)C)c1=O. The topological polar surface area (TPSA) is 145 Å². The van der Waals surface area contributed by atoms with Gasteiger partial charge in [0.05, 0.1) is 19.6 Å². The summed E-state index contributed by atoms with van der Waals surface area (Å²) in [6, 6.07) is 0. The molecule has 1 rings (SSSR count). The minimum atomic E-state index is -0.932. The Morgan fingerprint density at radius 2 is 0.632 bits per heavy atom. The van der Waals surface area contributed by atoms with Crippen molar-refractivity contribution < 1.29 is 28.6 Å². The van der Waals surface area contributed by atoms with Crippen LogP contribution in [0.3, 0.4) is 0 Å². The van der Waals surface area contributed by atoms with Crippen LogP contribution >= 0.6 is 35.3 Å². The van der Waals surface area contributed by atoms with Gasteiger partial charge in [-0.3, -0.25) is 14.4 Å². The smallest absolute Gasteiger partial charge is 0.336 e. The summed E-state index contributed by atoms with van der Waals surface area (Å²) >= 11 is 4.48. The quantitative estimate of drug-likeness (QED) is 0.0878. The van der Waals surface area contributed by atoms with E-state index in [0.29, 0.717) is 0 Å². The molecule has 0 amide bonds. The first-order valence-corrected chi connectivity index (χ1v) is 22.7. The number of thioether (sulfide) groups is 3. The fraction of sp³-hybridized carbons (Fsp3) is 0.857. The lowest BCUT2D eigenvalue weighted by Gasteiger charge is -2.33. The van der Waals surface area contributed by atoms with E-state index in [9.17, 15) is 28.8 Å². The van der Waals surface area contributed by atoms with Gasteiger partial charge in [-0.05, 0) is 56.3 Å². The van der Waals surface area contributed by atoms with Crippen LogP contribution in [-0.4, -0.2) is 81.4 Å². The van der Waals surface area contributed by atoms with Crippen LogP contribution in [0.1, 0.15) is 144 Å². The number of esters is 3. The number of aromatic nitrogens is 3. The predicted molar refractivity (Wildman–Crippen MR) is 238 cm³/mol. The summed E-state index contributed by atoms with van der Waals surface area (Å²) < 4.78 is 18.4. The molecule has 1 heterocycles. The Bertz CT molecular complexity index is 1460. The average Bonchev–Trinajstić information content (AvgIpc) is 2.97. The van der Waals surface area contributed by atoms with Crippen LogP contribution in [-0.2, 0) is 48.2 Å². The zero-order valence-electron chi connectivity index (χ0n) is 38.3. The maximum absolute atomic E-state index is 13.7. The maximum atomic E-state index is 13.7. The number of rotatable bonds is 21. The predicted octanol–water partition coefficient (Wildman–Crippen LogP) is 7.81. The van der Waals surface area contributed by atoms with Gasteiger partial charge in [-0.25, -0.2) is 28.1 Å². The number of ether oxygens (including phenoxy) is 3. The van der Waals surface area contributed by atoms with Gasteiger partial charge in [0.15, 0.2) is 0 Å². The number of hydrogen-bond donors (Lipinski definition) is 0. The minimum absolute atomic E-state index is 0.0569. The minimum Gasteiger partial charge on any atom is -0.463 e. The molecule has 0 aliphatic heterocycles.